The number of rotatable bonds is 5. The van der Waals surface area contributed by atoms with Gasteiger partial charge >= 0.3 is 5.91 Å². The molecule has 2 heterocycles. The van der Waals surface area contributed by atoms with Crippen molar-refractivity contribution in [2.24, 2.45) is 4.99 Å². The lowest BCUT2D eigenvalue weighted by Crippen LogP contribution is -2.19. The van der Waals surface area contributed by atoms with E-state index in [0.717, 1.165) is 10.2 Å². The van der Waals surface area contributed by atoms with Crippen LogP contribution in [0.1, 0.15) is 16.2 Å². The first-order chi connectivity index (χ1) is 11.6. The number of ether oxygens (including phenoxy) is 1. The fraction of sp³-hybridized carbons (Fsp3) is 0.312. The topological polar surface area (TPSA) is 69.6 Å². The maximum Gasteiger partial charge on any atom is 0.301 e. The zero-order chi connectivity index (χ0) is 17.1. The highest BCUT2D eigenvalue weighted by atomic mass is 32.2. The smallest absolute Gasteiger partial charge is 0.301 e. The molecular weight excluding hydrogens is 346 g/mol. The third-order valence-electron chi connectivity index (χ3n) is 3.45. The Balaban J connectivity index is 2.10. The van der Waals surface area contributed by atoms with Crippen molar-refractivity contribution in [3.63, 3.8) is 0 Å². The molecule has 126 valence electrons. The van der Waals surface area contributed by atoms with Crippen LogP contribution in [-0.2, 0) is 11.3 Å². The molecule has 0 aliphatic heterocycles. The molecule has 8 heteroatoms. The number of benzene rings is 1. The Bertz CT molecular complexity index is 940. The highest BCUT2D eigenvalue weighted by molar-refractivity contribution is 7.98. The van der Waals surface area contributed by atoms with E-state index >= 15 is 0 Å². The van der Waals surface area contributed by atoms with E-state index in [1.807, 2.05) is 10.8 Å². The van der Waals surface area contributed by atoms with E-state index in [2.05, 4.69) is 28.3 Å². The van der Waals surface area contributed by atoms with Crippen molar-refractivity contribution in [3.05, 3.63) is 40.5 Å². The first kappa shape index (κ1) is 16.9. The van der Waals surface area contributed by atoms with Gasteiger partial charge < -0.3 is 13.8 Å². The van der Waals surface area contributed by atoms with Crippen LogP contribution in [0.2, 0.25) is 0 Å². The standard InChI is InChI=1S/C16H17N3O3S2/c1-10-8-12(18-22-10)15(20)17-16-19(6-7-21-2)13-5-4-11(23-3)9-14(13)24-16/h4-5,8-9H,6-7H2,1-3H3. The number of methoxy groups -OCH3 is 1. The Labute approximate surface area is 147 Å². The van der Waals surface area contributed by atoms with E-state index in [1.54, 1.807) is 31.9 Å². The van der Waals surface area contributed by atoms with Crippen molar-refractivity contribution in [3.8, 4) is 0 Å². The van der Waals surface area contributed by atoms with E-state index in [0.29, 0.717) is 23.7 Å². The molecule has 0 bridgehead atoms. The molecule has 1 aromatic carbocycles. The maximum absolute atomic E-state index is 12.3. The highest BCUT2D eigenvalue weighted by Gasteiger charge is 2.12. The molecule has 0 spiro atoms. The Morgan fingerprint density at radius 2 is 2.29 bits per heavy atom. The number of hydrogen-bond donors (Lipinski definition) is 0. The van der Waals surface area contributed by atoms with Gasteiger partial charge in [0, 0.05) is 24.6 Å². The monoisotopic (exact) mass is 363 g/mol. The second-order valence-corrected chi connectivity index (χ2v) is 6.99. The molecule has 0 saturated carbocycles. The first-order valence-corrected chi connectivity index (χ1v) is 9.35. The summed E-state index contributed by atoms with van der Waals surface area (Å²) >= 11 is 3.16. The van der Waals surface area contributed by atoms with E-state index in [-0.39, 0.29) is 5.69 Å². The fourth-order valence-electron chi connectivity index (χ4n) is 2.28. The first-order valence-electron chi connectivity index (χ1n) is 7.31. The molecule has 0 N–H and O–H groups in total. The largest absolute Gasteiger partial charge is 0.383 e. The Kier molecular flexibility index (Phi) is 5.17. The van der Waals surface area contributed by atoms with Crippen LogP contribution in [-0.4, -0.2) is 35.6 Å². The van der Waals surface area contributed by atoms with Gasteiger partial charge in [0.2, 0.25) is 0 Å². The van der Waals surface area contributed by atoms with E-state index < -0.39 is 5.91 Å². The molecular formula is C16H17N3O3S2. The van der Waals surface area contributed by atoms with Gasteiger partial charge in [0.25, 0.3) is 0 Å². The number of amides is 1. The Morgan fingerprint density at radius 1 is 1.46 bits per heavy atom. The summed E-state index contributed by atoms with van der Waals surface area (Å²) in [6.07, 6.45) is 2.04. The van der Waals surface area contributed by atoms with Crippen molar-refractivity contribution in [1.29, 1.82) is 0 Å². The number of thiazole rings is 1. The summed E-state index contributed by atoms with van der Waals surface area (Å²) in [4.78, 5) is 18.4. The fourth-order valence-corrected chi connectivity index (χ4v) is 3.88. The van der Waals surface area contributed by atoms with Crippen LogP contribution < -0.4 is 4.80 Å². The summed E-state index contributed by atoms with van der Waals surface area (Å²) in [6.45, 7) is 2.91. The van der Waals surface area contributed by atoms with Crippen molar-refractivity contribution >= 4 is 39.2 Å². The quantitative estimate of drug-likeness (QED) is 0.652. The Morgan fingerprint density at radius 3 is 2.96 bits per heavy atom. The van der Waals surface area contributed by atoms with Gasteiger partial charge in [-0.1, -0.05) is 16.5 Å². The summed E-state index contributed by atoms with van der Waals surface area (Å²) in [5, 5.41) is 3.73. The maximum atomic E-state index is 12.3. The summed E-state index contributed by atoms with van der Waals surface area (Å²) in [7, 11) is 1.65. The number of nitrogens with zero attached hydrogens (tertiary/aromatic N) is 3. The third-order valence-corrected chi connectivity index (χ3v) is 5.22. The molecule has 0 atom stereocenters. The van der Waals surface area contributed by atoms with Crippen LogP contribution in [0.3, 0.4) is 0 Å². The van der Waals surface area contributed by atoms with Gasteiger partial charge in [0.1, 0.15) is 5.76 Å². The van der Waals surface area contributed by atoms with Gasteiger partial charge in [0.15, 0.2) is 10.5 Å². The van der Waals surface area contributed by atoms with Crippen molar-refractivity contribution in [2.45, 2.75) is 18.4 Å². The molecule has 0 radical (unpaired) electrons. The van der Waals surface area contributed by atoms with Crippen molar-refractivity contribution < 1.29 is 14.1 Å². The minimum atomic E-state index is -0.408. The van der Waals surface area contributed by atoms with Gasteiger partial charge in [-0.15, -0.1) is 11.8 Å². The number of hydrogen-bond acceptors (Lipinski definition) is 6. The normalized spacial score (nSPS) is 12.2. The van der Waals surface area contributed by atoms with Gasteiger partial charge in [-0.25, -0.2) is 0 Å². The average molecular weight is 363 g/mol. The minimum Gasteiger partial charge on any atom is -0.383 e. The van der Waals surface area contributed by atoms with Crippen LogP contribution in [0.25, 0.3) is 10.2 Å². The zero-order valence-electron chi connectivity index (χ0n) is 13.6. The van der Waals surface area contributed by atoms with Crippen LogP contribution in [0.15, 0.2) is 38.7 Å². The molecule has 0 saturated heterocycles. The molecule has 6 nitrogen and oxygen atoms in total. The van der Waals surface area contributed by atoms with E-state index in [4.69, 9.17) is 9.26 Å². The predicted molar refractivity (Wildman–Crippen MR) is 94.6 cm³/mol. The van der Waals surface area contributed by atoms with Gasteiger partial charge in [-0.05, 0) is 31.4 Å². The molecule has 0 fully saturated rings. The summed E-state index contributed by atoms with van der Waals surface area (Å²) < 4.78 is 13.2. The SMILES string of the molecule is COCCn1c(=NC(=O)c2cc(C)on2)sc2cc(SC)ccc21. The minimum absolute atomic E-state index is 0.216. The molecule has 1 amide bonds. The molecule has 0 aliphatic rings. The van der Waals surface area contributed by atoms with Crippen LogP contribution in [0, 0.1) is 6.92 Å². The van der Waals surface area contributed by atoms with Crippen LogP contribution in [0.5, 0.6) is 0 Å². The van der Waals surface area contributed by atoms with Crippen LogP contribution in [0.4, 0.5) is 0 Å². The van der Waals surface area contributed by atoms with E-state index in [1.165, 1.54) is 16.2 Å². The average Bonchev–Trinajstić information content (AvgIpc) is 3.15. The summed E-state index contributed by atoms with van der Waals surface area (Å²) in [6, 6.07) is 7.81. The molecule has 0 unspecified atom stereocenters. The summed E-state index contributed by atoms with van der Waals surface area (Å²) in [5.41, 5.74) is 1.26. The second-order valence-electron chi connectivity index (χ2n) is 5.10. The molecule has 2 aromatic heterocycles. The van der Waals surface area contributed by atoms with Crippen LogP contribution >= 0.6 is 23.1 Å². The zero-order valence-corrected chi connectivity index (χ0v) is 15.2. The van der Waals surface area contributed by atoms with Gasteiger partial charge in [0.05, 0.1) is 16.8 Å². The van der Waals surface area contributed by atoms with E-state index in [9.17, 15) is 4.79 Å². The third kappa shape index (κ3) is 3.45. The number of carbonyl (C=O) groups excluding carboxylic acids is 1. The lowest BCUT2D eigenvalue weighted by molar-refractivity contribution is 0.0988. The number of thioether (sulfide) groups is 1. The number of aryl methyl sites for hydroxylation is 1. The molecule has 3 rings (SSSR count). The predicted octanol–water partition coefficient (Wildman–Crippen LogP) is 3.11. The Hall–Kier alpha value is -1.90. The highest BCUT2D eigenvalue weighted by Crippen LogP contribution is 2.24. The lowest BCUT2D eigenvalue weighted by Gasteiger charge is -2.04. The molecule has 24 heavy (non-hydrogen) atoms. The summed E-state index contributed by atoms with van der Waals surface area (Å²) in [5.74, 6) is 0.177. The number of carbonyl (C=O) groups is 1. The lowest BCUT2D eigenvalue weighted by atomic mass is 10.3. The van der Waals surface area contributed by atoms with Crippen molar-refractivity contribution in [2.75, 3.05) is 20.0 Å². The molecule has 0 aliphatic carbocycles. The second kappa shape index (κ2) is 7.33. The number of aromatic nitrogens is 2. The number of fused-ring (bicyclic) bond motifs is 1. The van der Waals surface area contributed by atoms with Crippen molar-refractivity contribution in [1.82, 2.24) is 9.72 Å². The van der Waals surface area contributed by atoms with Gasteiger partial charge in [-0.2, -0.15) is 4.99 Å². The molecule has 3 aromatic rings. The van der Waals surface area contributed by atoms with Gasteiger partial charge in [-0.3, -0.25) is 4.79 Å².